The van der Waals surface area contributed by atoms with E-state index in [1.807, 2.05) is 18.2 Å². The molecule has 0 saturated carbocycles. The van der Waals surface area contributed by atoms with Gasteiger partial charge in [0.05, 0.1) is 0 Å². The van der Waals surface area contributed by atoms with Gasteiger partial charge < -0.3 is 5.32 Å². The molecule has 0 amide bonds. The van der Waals surface area contributed by atoms with Crippen LogP contribution in [0.3, 0.4) is 0 Å². The molecule has 0 heterocycles. The maximum absolute atomic E-state index is 6.38. The topological polar surface area (TPSA) is 12.0 Å². The van der Waals surface area contributed by atoms with E-state index in [9.17, 15) is 0 Å². The van der Waals surface area contributed by atoms with Gasteiger partial charge in [-0.2, -0.15) is 0 Å². The Labute approximate surface area is 136 Å². The van der Waals surface area contributed by atoms with E-state index >= 15 is 0 Å². The molecule has 1 nitrogen and oxygen atoms in total. The van der Waals surface area contributed by atoms with E-state index in [0.717, 1.165) is 41.4 Å². The van der Waals surface area contributed by atoms with Crippen LogP contribution in [0.15, 0.2) is 36.4 Å². The normalized spacial score (nSPS) is 17.0. The second-order valence-corrected chi connectivity index (χ2v) is 6.39. The van der Waals surface area contributed by atoms with Crippen LogP contribution < -0.4 is 5.32 Å². The fraction of sp³-hybridized carbons (Fsp3) is 0.333. The molecule has 3 heteroatoms. The fourth-order valence-corrected chi connectivity index (χ4v) is 3.53. The number of halogens is 2. The van der Waals surface area contributed by atoms with Gasteiger partial charge in [0.1, 0.15) is 0 Å². The summed E-state index contributed by atoms with van der Waals surface area (Å²) in [7, 11) is 0. The van der Waals surface area contributed by atoms with Gasteiger partial charge in [0.15, 0.2) is 0 Å². The van der Waals surface area contributed by atoms with Crippen molar-refractivity contribution in [1.82, 2.24) is 5.32 Å². The van der Waals surface area contributed by atoms with Gasteiger partial charge in [-0.05, 0) is 60.7 Å². The van der Waals surface area contributed by atoms with Crippen molar-refractivity contribution in [3.05, 3.63) is 57.6 Å². The maximum Gasteiger partial charge on any atom is 0.0485 e. The van der Waals surface area contributed by atoms with Crippen molar-refractivity contribution in [2.45, 2.75) is 32.2 Å². The Morgan fingerprint density at radius 1 is 1.14 bits per heavy atom. The Kier molecular flexibility index (Phi) is 4.54. The predicted octanol–water partition coefficient (Wildman–Crippen LogP) is 5.65. The number of hydrogen-bond acceptors (Lipinski definition) is 1. The molecule has 1 aliphatic carbocycles. The van der Waals surface area contributed by atoms with Crippen LogP contribution in [0.4, 0.5) is 0 Å². The molecule has 21 heavy (non-hydrogen) atoms. The van der Waals surface area contributed by atoms with Gasteiger partial charge in [-0.25, -0.2) is 0 Å². The van der Waals surface area contributed by atoms with Crippen LogP contribution in [0, 0.1) is 0 Å². The number of benzene rings is 2. The first-order valence-electron chi connectivity index (χ1n) is 7.51. The summed E-state index contributed by atoms with van der Waals surface area (Å²) >= 11 is 12.5. The Hall–Kier alpha value is -1.02. The van der Waals surface area contributed by atoms with Gasteiger partial charge in [-0.3, -0.25) is 0 Å². The van der Waals surface area contributed by atoms with E-state index < -0.39 is 0 Å². The second-order valence-electron chi connectivity index (χ2n) is 5.54. The highest BCUT2D eigenvalue weighted by molar-refractivity contribution is 6.35. The van der Waals surface area contributed by atoms with Gasteiger partial charge in [0, 0.05) is 21.7 Å². The Balaban J connectivity index is 2.02. The molecule has 0 radical (unpaired) electrons. The first-order chi connectivity index (χ1) is 10.2. The minimum absolute atomic E-state index is 0.470. The van der Waals surface area contributed by atoms with Crippen LogP contribution in [0.25, 0.3) is 11.1 Å². The van der Waals surface area contributed by atoms with Crippen LogP contribution in [0.2, 0.25) is 10.0 Å². The zero-order valence-corrected chi connectivity index (χ0v) is 13.6. The standard InChI is InChI=1S/C18H19Cl2N/c1-2-10-21-18-9-7-14-13(4-3-5-15(14)18)16-11-12(19)6-8-17(16)20/h3-6,8,11,18,21H,2,7,9-10H2,1H3. The summed E-state index contributed by atoms with van der Waals surface area (Å²) in [4.78, 5) is 0. The van der Waals surface area contributed by atoms with Crippen molar-refractivity contribution in [3.8, 4) is 11.1 Å². The van der Waals surface area contributed by atoms with E-state index in [2.05, 4.69) is 30.4 Å². The monoisotopic (exact) mass is 319 g/mol. The van der Waals surface area contributed by atoms with Crippen molar-refractivity contribution < 1.29 is 0 Å². The third-order valence-electron chi connectivity index (χ3n) is 4.13. The molecule has 1 N–H and O–H groups in total. The van der Waals surface area contributed by atoms with E-state index in [4.69, 9.17) is 23.2 Å². The maximum atomic E-state index is 6.38. The lowest BCUT2D eigenvalue weighted by molar-refractivity contribution is 0.529. The van der Waals surface area contributed by atoms with Gasteiger partial charge >= 0.3 is 0 Å². The molecule has 0 aliphatic heterocycles. The lowest BCUT2D eigenvalue weighted by atomic mass is 9.96. The van der Waals surface area contributed by atoms with Gasteiger partial charge in [-0.15, -0.1) is 0 Å². The van der Waals surface area contributed by atoms with Crippen LogP contribution in [0.1, 0.15) is 36.9 Å². The molecular formula is C18H19Cl2N. The largest absolute Gasteiger partial charge is 0.310 e. The summed E-state index contributed by atoms with van der Waals surface area (Å²) in [6.07, 6.45) is 3.41. The first-order valence-corrected chi connectivity index (χ1v) is 8.27. The van der Waals surface area contributed by atoms with Gasteiger partial charge in [0.25, 0.3) is 0 Å². The van der Waals surface area contributed by atoms with E-state index in [0.29, 0.717) is 6.04 Å². The zero-order chi connectivity index (χ0) is 14.8. The third kappa shape index (κ3) is 2.96. The van der Waals surface area contributed by atoms with E-state index in [-0.39, 0.29) is 0 Å². The van der Waals surface area contributed by atoms with Crippen molar-refractivity contribution in [2.24, 2.45) is 0 Å². The molecule has 0 fully saturated rings. The molecule has 1 atom stereocenters. The van der Waals surface area contributed by atoms with Crippen LogP contribution >= 0.6 is 23.2 Å². The van der Waals surface area contributed by atoms with Crippen LogP contribution in [-0.4, -0.2) is 6.54 Å². The van der Waals surface area contributed by atoms with Gasteiger partial charge in [0.2, 0.25) is 0 Å². The molecule has 2 aromatic carbocycles. The van der Waals surface area contributed by atoms with Crippen molar-refractivity contribution in [1.29, 1.82) is 0 Å². The Morgan fingerprint density at radius 3 is 2.81 bits per heavy atom. The highest BCUT2D eigenvalue weighted by atomic mass is 35.5. The molecule has 0 saturated heterocycles. The van der Waals surface area contributed by atoms with E-state index in [1.54, 1.807) is 0 Å². The predicted molar refractivity (Wildman–Crippen MR) is 91.3 cm³/mol. The average Bonchev–Trinajstić information content (AvgIpc) is 2.91. The average molecular weight is 320 g/mol. The van der Waals surface area contributed by atoms with E-state index in [1.165, 1.54) is 16.7 Å². The highest BCUT2D eigenvalue weighted by Crippen LogP contribution is 2.40. The summed E-state index contributed by atoms with van der Waals surface area (Å²) in [6.45, 7) is 3.26. The summed E-state index contributed by atoms with van der Waals surface area (Å²) in [5.74, 6) is 0. The van der Waals surface area contributed by atoms with Crippen molar-refractivity contribution >= 4 is 23.2 Å². The number of nitrogens with one attached hydrogen (secondary N) is 1. The number of fused-ring (bicyclic) bond motifs is 1. The summed E-state index contributed by atoms with van der Waals surface area (Å²) in [6, 6.07) is 12.7. The molecule has 1 unspecified atom stereocenters. The minimum Gasteiger partial charge on any atom is -0.310 e. The van der Waals surface area contributed by atoms with Gasteiger partial charge in [-0.1, -0.05) is 48.3 Å². The minimum atomic E-state index is 0.470. The molecule has 110 valence electrons. The SMILES string of the molecule is CCCNC1CCc2c(-c3cc(Cl)ccc3Cl)cccc21. The third-order valence-corrected chi connectivity index (χ3v) is 4.69. The second kappa shape index (κ2) is 6.39. The van der Waals surface area contributed by atoms with Crippen LogP contribution in [-0.2, 0) is 6.42 Å². The summed E-state index contributed by atoms with van der Waals surface area (Å²) in [5, 5.41) is 5.12. The molecule has 3 rings (SSSR count). The number of rotatable bonds is 4. The molecule has 0 bridgehead atoms. The molecule has 0 spiro atoms. The van der Waals surface area contributed by atoms with Crippen LogP contribution in [0.5, 0.6) is 0 Å². The fourth-order valence-electron chi connectivity index (χ4n) is 3.14. The number of hydrogen-bond donors (Lipinski definition) is 1. The quantitative estimate of drug-likeness (QED) is 0.768. The Bertz CT molecular complexity index is 652. The summed E-state index contributed by atoms with van der Waals surface area (Å²) < 4.78 is 0. The smallest absolute Gasteiger partial charge is 0.0485 e. The highest BCUT2D eigenvalue weighted by Gasteiger charge is 2.24. The van der Waals surface area contributed by atoms with Crippen molar-refractivity contribution in [2.75, 3.05) is 6.54 Å². The molecular weight excluding hydrogens is 301 g/mol. The first kappa shape index (κ1) is 14.9. The lowest BCUT2D eigenvalue weighted by Gasteiger charge is -2.15. The molecule has 1 aliphatic rings. The molecule has 0 aromatic heterocycles. The van der Waals surface area contributed by atoms with Crippen molar-refractivity contribution in [3.63, 3.8) is 0 Å². The molecule has 2 aromatic rings. The lowest BCUT2D eigenvalue weighted by Crippen LogP contribution is -2.19. The Morgan fingerprint density at radius 2 is 2.00 bits per heavy atom. The zero-order valence-electron chi connectivity index (χ0n) is 12.1. The summed E-state index contributed by atoms with van der Waals surface area (Å²) in [5.41, 5.74) is 5.09.